The molecule has 0 aromatic heterocycles. The molecular weight excluding hydrogens is 244 g/mol. The van der Waals surface area contributed by atoms with Crippen molar-refractivity contribution in [2.45, 2.75) is 39.7 Å². The first kappa shape index (κ1) is 17.2. The number of carbonyl (C=O) groups is 2. The number of allylic oxidation sites excluding steroid dienone is 3. The Bertz CT molecular complexity index is 353. The lowest BCUT2D eigenvalue weighted by Gasteiger charge is -2.06. The van der Waals surface area contributed by atoms with Crippen LogP contribution in [0.25, 0.3) is 0 Å². The van der Waals surface area contributed by atoms with E-state index in [9.17, 15) is 9.59 Å². The highest BCUT2D eigenvalue weighted by atomic mass is 16.5. The number of carbonyl (C=O) groups excluding carboxylic acids is 2. The molecule has 0 fully saturated rings. The summed E-state index contributed by atoms with van der Waals surface area (Å²) in [5.41, 5.74) is 0. The molecule has 0 bridgehead atoms. The van der Waals surface area contributed by atoms with E-state index < -0.39 is 18.0 Å². The lowest BCUT2D eigenvalue weighted by atomic mass is 10.3. The lowest BCUT2D eigenvalue weighted by Crippen LogP contribution is -2.11. The number of unbranched alkanes of at least 4 members (excludes halogenated alkanes) is 1. The highest BCUT2D eigenvalue weighted by molar-refractivity contribution is 5.83. The predicted octanol–water partition coefficient (Wildman–Crippen LogP) is 2.95. The first-order valence-corrected chi connectivity index (χ1v) is 6.45. The van der Waals surface area contributed by atoms with Crippen LogP contribution in [-0.2, 0) is 19.1 Å². The first-order valence-electron chi connectivity index (χ1n) is 6.45. The van der Waals surface area contributed by atoms with Crippen LogP contribution in [-0.4, -0.2) is 24.6 Å². The van der Waals surface area contributed by atoms with Gasteiger partial charge in [-0.3, -0.25) is 0 Å². The van der Waals surface area contributed by atoms with Gasteiger partial charge >= 0.3 is 11.9 Å². The molecule has 0 unspecified atom stereocenters. The molecule has 4 nitrogen and oxygen atoms in total. The summed E-state index contributed by atoms with van der Waals surface area (Å²) in [5.74, 6) is -0.865. The van der Waals surface area contributed by atoms with E-state index in [1.165, 1.54) is 18.2 Å². The standard InChI is InChI=1S/C15H22O4/c1-4-6-8-9-15(17)19-13(3)10-11-14(16)18-12-7-5-2/h4,6,8-11,13H,5,7,12H2,1-3H3/b6-4+,9-8+,11-10-/t13-/m1/s1. The van der Waals surface area contributed by atoms with Crippen LogP contribution in [0, 0.1) is 0 Å². The lowest BCUT2D eigenvalue weighted by molar-refractivity contribution is -0.141. The fourth-order valence-electron chi connectivity index (χ4n) is 1.09. The van der Waals surface area contributed by atoms with E-state index in [-0.39, 0.29) is 0 Å². The van der Waals surface area contributed by atoms with Crippen LogP contribution in [0.2, 0.25) is 0 Å². The van der Waals surface area contributed by atoms with Crippen LogP contribution in [0.1, 0.15) is 33.6 Å². The average Bonchev–Trinajstić information content (AvgIpc) is 2.37. The van der Waals surface area contributed by atoms with E-state index in [0.717, 1.165) is 12.8 Å². The van der Waals surface area contributed by atoms with Crippen LogP contribution in [0.15, 0.2) is 36.5 Å². The van der Waals surface area contributed by atoms with Crippen molar-refractivity contribution in [2.24, 2.45) is 0 Å². The third-order valence-electron chi connectivity index (χ3n) is 2.08. The fraction of sp³-hybridized carbons (Fsp3) is 0.467. The summed E-state index contributed by atoms with van der Waals surface area (Å²) in [6.07, 6.45) is 10.6. The van der Waals surface area contributed by atoms with Gasteiger partial charge in [-0.1, -0.05) is 31.6 Å². The minimum absolute atomic E-state index is 0.416. The van der Waals surface area contributed by atoms with Gasteiger partial charge in [0, 0.05) is 12.2 Å². The summed E-state index contributed by atoms with van der Waals surface area (Å²) < 4.78 is 9.95. The van der Waals surface area contributed by atoms with Gasteiger partial charge in [0.25, 0.3) is 0 Å². The topological polar surface area (TPSA) is 52.6 Å². The van der Waals surface area contributed by atoms with Gasteiger partial charge in [0.1, 0.15) is 6.10 Å². The van der Waals surface area contributed by atoms with Gasteiger partial charge in [0.15, 0.2) is 0 Å². The zero-order chi connectivity index (χ0) is 14.5. The molecule has 0 saturated carbocycles. The smallest absolute Gasteiger partial charge is 0.331 e. The van der Waals surface area contributed by atoms with E-state index >= 15 is 0 Å². The number of hydrogen-bond donors (Lipinski definition) is 0. The molecule has 0 spiro atoms. The summed E-state index contributed by atoms with van der Waals surface area (Å²) in [6, 6.07) is 0. The van der Waals surface area contributed by atoms with Gasteiger partial charge in [-0.2, -0.15) is 0 Å². The molecular formula is C15H22O4. The van der Waals surface area contributed by atoms with Gasteiger partial charge in [-0.25, -0.2) is 9.59 Å². The Labute approximate surface area is 114 Å². The van der Waals surface area contributed by atoms with Crippen LogP contribution >= 0.6 is 0 Å². The Morgan fingerprint density at radius 3 is 2.53 bits per heavy atom. The van der Waals surface area contributed by atoms with Crippen molar-refractivity contribution in [1.29, 1.82) is 0 Å². The summed E-state index contributed by atoms with van der Waals surface area (Å²) in [6.45, 7) is 5.97. The molecule has 0 saturated heterocycles. The third-order valence-corrected chi connectivity index (χ3v) is 2.08. The Morgan fingerprint density at radius 2 is 1.89 bits per heavy atom. The summed E-state index contributed by atoms with van der Waals surface area (Å²) in [5, 5.41) is 0. The molecule has 0 amide bonds. The quantitative estimate of drug-likeness (QED) is 0.293. The molecule has 0 rings (SSSR count). The maximum Gasteiger partial charge on any atom is 0.331 e. The summed E-state index contributed by atoms with van der Waals surface area (Å²) in [4.78, 5) is 22.5. The molecule has 19 heavy (non-hydrogen) atoms. The molecule has 0 N–H and O–H groups in total. The highest BCUT2D eigenvalue weighted by Crippen LogP contribution is 1.97. The normalized spacial score (nSPS) is 13.2. The van der Waals surface area contributed by atoms with Crippen molar-refractivity contribution in [1.82, 2.24) is 0 Å². The van der Waals surface area contributed by atoms with E-state index in [1.807, 2.05) is 13.8 Å². The van der Waals surface area contributed by atoms with Crippen molar-refractivity contribution < 1.29 is 19.1 Å². The molecule has 0 aliphatic rings. The number of ether oxygens (including phenoxy) is 2. The Morgan fingerprint density at radius 1 is 1.16 bits per heavy atom. The van der Waals surface area contributed by atoms with E-state index in [2.05, 4.69) is 0 Å². The van der Waals surface area contributed by atoms with Gasteiger partial charge in [0.05, 0.1) is 6.61 Å². The van der Waals surface area contributed by atoms with Crippen LogP contribution < -0.4 is 0 Å². The second-order valence-corrected chi connectivity index (χ2v) is 3.91. The number of hydrogen-bond acceptors (Lipinski definition) is 4. The third kappa shape index (κ3) is 11.0. The van der Waals surface area contributed by atoms with Crippen LogP contribution in [0.5, 0.6) is 0 Å². The summed E-state index contributed by atoms with van der Waals surface area (Å²) >= 11 is 0. The Balaban J connectivity index is 3.98. The molecule has 1 atom stereocenters. The monoisotopic (exact) mass is 266 g/mol. The van der Waals surface area contributed by atoms with Crippen molar-refractivity contribution in [3.63, 3.8) is 0 Å². The maximum absolute atomic E-state index is 11.3. The molecule has 106 valence electrons. The highest BCUT2D eigenvalue weighted by Gasteiger charge is 2.04. The van der Waals surface area contributed by atoms with Crippen LogP contribution in [0.3, 0.4) is 0 Å². The van der Waals surface area contributed by atoms with Gasteiger partial charge < -0.3 is 9.47 Å². The van der Waals surface area contributed by atoms with Gasteiger partial charge in [0.2, 0.25) is 0 Å². The molecule has 4 heteroatoms. The van der Waals surface area contributed by atoms with Crippen molar-refractivity contribution in [3.05, 3.63) is 36.5 Å². The molecule has 0 radical (unpaired) electrons. The van der Waals surface area contributed by atoms with E-state index in [0.29, 0.717) is 6.61 Å². The Kier molecular flexibility index (Phi) is 10.2. The fourth-order valence-corrected chi connectivity index (χ4v) is 1.09. The molecule has 0 aromatic carbocycles. The number of esters is 2. The molecule has 0 heterocycles. The number of rotatable bonds is 8. The summed E-state index contributed by atoms with van der Waals surface area (Å²) in [7, 11) is 0. The van der Waals surface area contributed by atoms with Gasteiger partial charge in [-0.15, -0.1) is 0 Å². The predicted molar refractivity (Wildman–Crippen MR) is 74.5 cm³/mol. The largest absolute Gasteiger partial charge is 0.463 e. The van der Waals surface area contributed by atoms with Crippen LogP contribution in [0.4, 0.5) is 0 Å². The maximum atomic E-state index is 11.3. The molecule has 0 aliphatic heterocycles. The SMILES string of the molecule is C/C=C/C=C/C(=O)O[C@H](C)/C=C\C(=O)OCCCC. The second-order valence-electron chi connectivity index (χ2n) is 3.91. The van der Waals surface area contributed by atoms with Crippen molar-refractivity contribution in [3.8, 4) is 0 Å². The van der Waals surface area contributed by atoms with E-state index in [4.69, 9.17) is 9.47 Å². The van der Waals surface area contributed by atoms with Gasteiger partial charge in [-0.05, 0) is 26.3 Å². The molecule has 0 aliphatic carbocycles. The Hall–Kier alpha value is -1.84. The average molecular weight is 266 g/mol. The minimum atomic E-state index is -0.471. The second kappa shape index (κ2) is 11.3. The van der Waals surface area contributed by atoms with E-state index in [1.54, 1.807) is 25.2 Å². The zero-order valence-electron chi connectivity index (χ0n) is 11.8. The zero-order valence-corrected chi connectivity index (χ0v) is 11.8. The van der Waals surface area contributed by atoms with Crippen molar-refractivity contribution in [2.75, 3.05) is 6.61 Å². The van der Waals surface area contributed by atoms with Crippen molar-refractivity contribution >= 4 is 11.9 Å². The molecule has 0 aromatic rings. The minimum Gasteiger partial charge on any atom is -0.463 e. The first-order chi connectivity index (χ1) is 9.10.